The second-order valence-corrected chi connectivity index (χ2v) is 6.42. The van der Waals surface area contributed by atoms with Gasteiger partial charge < -0.3 is 10.0 Å². The van der Waals surface area contributed by atoms with Crippen LogP contribution in [0.4, 0.5) is 5.69 Å². The lowest BCUT2D eigenvalue weighted by molar-refractivity contribution is -0.137. The molecule has 3 nitrogen and oxygen atoms in total. The average Bonchev–Trinajstić information content (AvgIpc) is 2.47. The van der Waals surface area contributed by atoms with E-state index in [0.29, 0.717) is 6.42 Å². The zero-order valence-corrected chi connectivity index (χ0v) is 13.0. The number of carbonyl (C=O) groups is 1. The number of aliphatic carboxylic acids is 1. The molecule has 0 heterocycles. The number of hydrogen-bond acceptors (Lipinski definition) is 2. The van der Waals surface area contributed by atoms with Gasteiger partial charge in [-0.3, -0.25) is 4.79 Å². The third-order valence-electron chi connectivity index (χ3n) is 4.46. The SMILES string of the molecule is CC1CCCC(CN(CCCC(=O)O)c2ccccc2)C1. The van der Waals surface area contributed by atoms with Gasteiger partial charge in [0.15, 0.2) is 0 Å². The molecule has 1 aliphatic carbocycles. The van der Waals surface area contributed by atoms with Crippen LogP contribution in [0.1, 0.15) is 45.4 Å². The van der Waals surface area contributed by atoms with Gasteiger partial charge in [-0.1, -0.05) is 38.0 Å². The van der Waals surface area contributed by atoms with Crippen molar-refractivity contribution in [2.24, 2.45) is 11.8 Å². The minimum Gasteiger partial charge on any atom is -0.481 e. The molecular weight excluding hydrogens is 262 g/mol. The number of anilines is 1. The van der Waals surface area contributed by atoms with Crippen LogP contribution in [0.15, 0.2) is 30.3 Å². The first kappa shape index (κ1) is 15.9. The molecule has 0 aliphatic heterocycles. The van der Waals surface area contributed by atoms with Crippen molar-refractivity contribution in [3.05, 3.63) is 30.3 Å². The second kappa shape index (κ2) is 8.06. The van der Waals surface area contributed by atoms with Crippen molar-refractivity contribution in [3.8, 4) is 0 Å². The average molecular weight is 289 g/mol. The van der Waals surface area contributed by atoms with Gasteiger partial charge in [-0.25, -0.2) is 0 Å². The first-order valence-electron chi connectivity index (χ1n) is 8.17. The molecule has 0 spiro atoms. The van der Waals surface area contributed by atoms with E-state index < -0.39 is 5.97 Å². The summed E-state index contributed by atoms with van der Waals surface area (Å²) in [6.07, 6.45) is 6.29. The summed E-state index contributed by atoms with van der Waals surface area (Å²) in [6.45, 7) is 4.25. The minimum atomic E-state index is -0.700. The van der Waals surface area contributed by atoms with Crippen molar-refractivity contribution >= 4 is 11.7 Å². The summed E-state index contributed by atoms with van der Waals surface area (Å²) in [5, 5.41) is 8.83. The minimum absolute atomic E-state index is 0.254. The van der Waals surface area contributed by atoms with Crippen molar-refractivity contribution in [1.82, 2.24) is 0 Å². The van der Waals surface area contributed by atoms with E-state index in [1.807, 2.05) is 6.07 Å². The van der Waals surface area contributed by atoms with Gasteiger partial charge in [0.05, 0.1) is 0 Å². The first-order chi connectivity index (χ1) is 10.1. The van der Waals surface area contributed by atoms with Crippen molar-refractivity contribution < 1.29 is 9.90 Å². The Labute approximate surface area is 128 Å². The molecule has 2 unspecified atom stereocenters. The van der Waals surface area contributed by atoms with Gasteiger partial charge in [-0.2, -0.15) is 0 Å². The molecule has 1 aromatic carbocycles. The van der Waals surface area contributed by atoms with Crippen LogP contribution < -0.4 is 4.90 Å². The summed E-state index contributed by atoms with van der Waals surface area (Å²) in [7, 11) is 0. The van der Waals surface area contributed by atoms with E-state index in [2.05, 4.69) is 36.1 Å². The fourth-order valence-corrected chi connectivity index (χ4v) is 3.42. The molecule has 116 valence electrons. The van der Waals surface area contributed by atoms with Crippen LogP contribution in [-0.4, -0.2) is 24.2 Å². The Balaban J connectivity index is 1.96. The Morgan fingerprint density at radius 3 is 2.71 bits per heavy atom. The number of hydrogen-bond donors (Lipinski definition) is 1. The molecule has 0 saturated heterocycles. The summed E-state index contributed by atoms with van der Waals surface area (Å²) in [4.78, 5) is 13.1. The Kier molecular flexibility index (Phi) is 6.09. The molecule has 1 N–H and O–H groups in total. The predicted molar refractivity (Wildman–Crippen MR) is 86.6 cm³/mol. The van der Waals surface area contributed by atoms with E-state index in [4.69, 9.17) is 5.11 Å². The third-order valence-corrected chi connectivity index (χ3v) is 4.46. The zero-order valence-electron chi connectivity index (χ0n) is 13.0. The molecular formula is C18H27NO2. The summed E-state index contributed by atoms with van der Waals surface area (Å²) < 4.78 is 0. The van der Waals surface area contributed by atoms with Crippen LogP contribution in [0.2, 0.25) is 0 Å². The van der Waals surface area contributed by atoms with Crippen molar-refractivity contribution in [3.63, 3.8) is 0 Å². The Bertz CT molecular complexity index is 432. The standard InChI is InChI=1S/C18H27NO2/c1-15-7-5-8-16(13-15)14-19(12-6-11-18(20)21)17-9-3-2-4-10-17/h2-4,9-10,15-16H,5-8,11-14H2,1H3,(H,20,21). The number of carboxylic acid groups (broad SMARTS) is 1. The Morgan fingerprint density at radius 2 is 2.05 bits per heavy atom. The van der Waals surface area contributed by atoms with Gasteiger partial charge in [0.1, 0.15) is 0 Å². The number of nitrogens with zero attached hydrogens (tertiary/aromatic N) is 1. The van der Waals surface area contributed by atoms with Crippen molar-refractivity contribution in [2.75, 3.05) is 18.0 Å². The van der Waals surface area contributed by atoms with Crippen LogP contribution in [0.5, 0.6) is 0 Å². The number of rotatable bonds is 7. The zero-order chi connectivity index (χ0) is 15.1. The quantitative estimate of drug-likeness (QED) is 0.818. The number of para-hydroxylation sites is 1. The molecule has 1 fully saturated rings. The molecule has 0 aromatic heterocycles. The second-order valence-electron chi connectivity index (χ2n) is 6.42. The van der Waals surface area contributed by atoms with Crippen LogP contribution in [0, 0.1) is 11.8 Å². The molecule has 0 bridgehead atoms. The van der Waals surface area contributed by atoms with E-state index in [-0.39, 0.29) is 6.42 Å². The molecule has 1 aliphatic rings. The van der Waals surface area contributed by atoms with E-state index >= 15 is 0 Å². The summed E-state index contributed by atoms with van der Waals surface area (Å²) in [5.74, 6) is 0.883. The van der Waals surface area contributed by atoms with E-state index in [1.54, 1.807) is 0 Å². The highest BCUT2D eigenvalue weighted by Crippen LogP contribution is 2.30. The van der Waals surface area contributed by atoms with E-state index in [9.17, 15) is 4.79 Å². The third kappa shape index (κ3) is 5.41. The van der Waals surface area contributed by atoms with E-state index in [1.165, 1.54) is 31.4 Å². The fourth-order valence-electron chi connectivity index (χ4n) is 3.42. The van der Waals surface area contributed by atoms with Gasteiger partial charge in [0.2, 0.25) is 0 Å². The van der Waals surface area contributed by atoms with Gasteiger partial charge >= 0.3 is 5.97 Å². The summed E-state index contributed by atoms with van der Waals surface area (Å²) in [5.41, 5.74) is 1.22. The first-order valence-corrected chi connectivity index (χ1v) is 8.17. The maximum Gasteiger partial charge on any atom is 0.303 e. The maximum atomic E-state index is 10.7. The van der Waals surface area contributed by atoms with Gasteiger partial charge in [-0.05, 0) is 43.2 Å². The molecule has 2 atom stereocenters. The van der Waals surface area contributed by atoms with Gasteiger partial charge in [0, 0.05) is 25.2 Å². The predicted octanol–water partition coefficient (Wildman–Crippen LogP) is 4.18. The van der Waals surface area contributed by atoms with Crippen molar-refractivity contribution in [2.45, 2.75) is 45.4 Å². The molecule has 0 radical (unpaired) electrons. The van der Waals surface area contributed by atoms with Crippen LogP contribution >= 0.6 is 0 Å². The highest BCUT2D eigenvalue weighted by molar-refractivity contribution is 5.66. The largest absolute Gasteiger partial charge is 0.481 e. The number of carboxylic acids is 1. The monoisotopic (exact) mass is 289 g/mol. The number of benzene rings is 1. The molecule has 2 rings (SSSR count). The topological polar surface area (TPSA) is 40.5 Å². The van der Waals surface area contributed by atoms with Crippen LogP contribution in [-0.2, 0) is 4.79 Å². The normalized spacial score (nSPS) is 22.0. The molecule has 1 saturated carbocycles. The van der Waals surface area contributed by atoms with Crippen LogP contribution in [0.25, 0.3) is 0 Å². The summed E-state index contributed by atoms with van der Waals surface area (Å²) >= 11 is 0. The van der Waals surface area contributed by atoms with Gasteiger partial charge in [0.25, 0.3) is 0 Å². The summed E-state index contributed by atoms with van der Waals surface area (Å²) in [6, 6.07) is 10.4. The lowest BCUT2D eigenvalue weighted by Crippen LogP contribution is -2.32. The highest BCUT2D eigenvalue weighted by atomic mass is 16.4. The molecule has 1 aromatic rings. The molecule has 21 heavy (non-hydrogen) atoms. The van der Waals surface area contributed by atoms with Crippen molar-refractivity contribution in [1.29, 1.82) is 0 Å². The van der Waals surface area contributed by atoms with E-state index in [0.717, 1.165) is 24.9 Å². The fraction of sp³-hybridized carbons (Fsp3) is 0.611. The smallest absolute Gasteiger partial charge is 0.303 e. The Hall–Kier alpha value is -1.51. The lowest BCUT2D eigenvalue weighted by Gasteiger charge is -2.33. The highest BCUT2D eigenvalue weighted by Gasteiger charge is 2.21. The lowest BCUT2D eigenvalue weighted by atomic mass is 9.82. The molecule has 0 amide bonds. The Morgan fingerprint density at radius 1 is 1.29 bits per heavy atom. The van der Waals surface area contributed by atoms with Crippen LogP contribution in [0.3, 0.4) is 0 Å². The molecule has 3 heteroatoms. The van der Waals surface area contributed by atoms with Gasteiger partial charge in [-0.15, -0.1) is 0 Å². The maximum absolute atomic E-state index is 10.7.